The Morgan fingerprint density at radius 3 is 2.58 bits per heavy atom. The van der Waals surface area contributed by atoms with Crippen LogP contribution in [-0.2, 0) is 20.8 Å². The van der Waals surface area contributed by atoms with Gasteiger partial charge in [-0.3, -0.25) is 5.32 Å². The molecular weight excluding hydrogens is 578 g/mol. The van der Waals surface area contributed by atoms with E-state index < -0.39 is 54.3 Å². The molecule has 0 spiro atoms. The molecular formula is C25H24F2N8O8. The van der Waals surface area contributed by atoms with Crippen molar-refractivity contribution in [2.24, 2.45) is 0 Å². The van der Waals surface area contributed by atoms with Crippen molar-refractivity contribution in [2.45, 2.75) is 37.2 Å². The van der Waals surface area contributed by atoms with Gasteiger partial charge in [-0.15, -0.1) is 0 Å². The van der Waals surface area contributed by atoms with Crippen LogP contribution in [0.2, 0.25) is 0 Å². The number of nitrogens with zero attached hydrogens (tertiary/aromatic N) is 5. The molecule has 1 fully saturated rings. The molecule has 1 saturated heterocycles. The fourth-order valence-electron chi connectivity index (χ4n) is 4.40. The number of carboxylic acid groups (broad SMARTS) is 1. The number of ether oxygens (including phenoxy) is 2. The van der Waals surface area contributed by atoms with Gasteiger partial charge in [0.05, 0.1) is 25.2 Å². The lowest BCUT2D eigenvalue weighted by molar-refractivity contribution is -0.221. The zero-order valence-electron chi connectivity index (χ0n) is 22.0. The standard InChI is InChI=1S/C25H24F2N8O8/c1-42-25(41)30-14-19(28)31-20(32-21(14)33-23-17(38)15(36)16(37)18(43-23)24(39)40)13-11-6-10(26)7-29-22(11)35(34-13)8-9-4-2-3-5-12(9)27/h2-7,15-18,23,36-38H,8H2,1H3,(H,30,41)(H,39,40)(H3,28,31,32,33)/t15-,16-,17+,18-,23+/m0/s1. The minimum Gasteiger partial charge on any atom is -0.479 e. The van der Waals surface area contributed by atoms with Crippen LogP contribution in [0.5, 0.6) is 0 Å². The maximum absolute atomic E-state index is 14.4. The van der Waals surface area contributed by atoms with Crippen LogP contribution in [0.4, 0.5) is 30.9 Å². The largest absolute Gasteiger partial charge is 0.479 e. The van der Waals surface area contributed by atoms with Crippen molar-refractivity contribution in [1.82, 2.24) is 24.7 Å². The van der Waals surface area contributed by atoms with Gasteiger partial charge in [-0.2, -0.15) is 5.10 Å². The molecule has 16 nitrogen and oxygen atoms in total. The van der Waals surface area contributed by atoms with Gasteiger partial charge in [0.1, 0.15) is 41.3 Å². The van der Waals surface area contributed by atoms with Gasteiger partial charge in [-0.05, 0) is 12.1 Å². The molecule has 5 atom stereocenters. The predicted octanol–water partition coefficient (Wildman–Crippen LogP) is 0.279. The van der Waals surface area contributed by atoms with E-state index in [4.69, 9.17) is 10.5 Å². The molecule has 1 amide bonds. The van der Waals surface area contributed by atoms with Crippen molar-refractivity contribution < 1.29 is 48.3 Å². The lowest BCUT2D eigenvalue weighted by atomic mass is 9.98. The summed E-state index contributed by atoms with van der Waals surface area (Å²) in [6, 6.07) is 7.02. The van der Waals surface area contributed by atoms with E-state index in [-0.39, 0.29) is 52.0 Å². The van der Waals surface area contributed by atoms with Gasteiger partial charge in [0.25, 0.3) is 0 Å². The molecule has 4 heterocycles. The second kappa shape index (κ2) is 11.7. The minimum absolute atomic E-state index is 0.0679. The highest BCUT2D eigenvalue weighted by Crippen LogP contribution is 2.34. The van der Waals surface area contributed by atoms with Crippen LogP contribution in [0, 0.1) is 11.6 Å². The number of anilines is 3. The highest BCUT2D eigenvalue weighted by molar-refractivity contribution is 5.95. The number of pyridine rings is 1. The van der Waals surface area contributed by atoms with Crippen molar-refractivity contribution in [3.05, 3.63) is 53.7 Å². The number of rotatable bonds is 7. The predicted molar refractivity (Wildman–Crippen MR) is 142 cm³/mol. The first-order valence-electron chi connectivity index (χ1n) is 12.5. The summed E-state index contributed by atoms with van der Waals surface area (Å²) < 4.78 is 39.9. The number of aromatic nitrogens is 5. The zero-order chi connectivity index (χ0) is 31.0. The Bertz CT molecular complexity index is 1710. The number of aliphatic hydroxyl groups excluding tert-OH is 3. The number of carbonyl (C=O) groups excluding carboxylic acids is 1. The number of nitrogen functional groups attached to an aromatic ring is 1. The smallest absolute Gasteiger partial charge is 0.411 e. The van der Waals surface area contributed by atoms with Gasteiger partial charge < -0.3 is 41.0 Å². The van der Waals surface area contributed by atoms with Gasteiger partial charge in [0.2, 0.25) is 0 Å². The molecule has 1 aliphatic rings. The number of carboxylic acids is 1. The monoisotopic (exact) mass is 602 g/mol. The fourth-order valence-corrected chi connectivity index (χ4v) is 4.40. The summed E-state index contributed by atoms with van der Waals surface area (Å²) in [7, 11) is 1.06. The third kappa shape index (κ3) is 5.71. The zero-order valence-corrected chi connectivity index (χ0v) is 22.0. The van der Waals surface area contributed by atoms with Crippen molar-refractivity contribution in [1.29, 1.82) is 0 Å². The Morgan fingerprint density at radius 1 is 1.14 bits per heavy atom. The summed E-state index contributed by atoms with van der Waals surface area (Å²) in [5.41, 5.74) is 6.15. The number of fused-ring (bicyclic) bond motifs is 1. The molecule has 3 aromatic heterocycles. The van der Waals surface area contributed by atoms with Gasteiger partial charge in [0, 0.05) is 5.56 Å². The van der Waals surface area contributed by atoms with Crippen LogP contribution in [0.3, 0.4) is 0 Å². The number of halogens is 2. The topological polar surface area (TPSA) is 240 Å². The molecule has 1 aromatic carbocycles. The number of aliphatic carboxylic acids is 1. The highest BCUT2D eigenvalue weighted by Gasteiger charge is 2.47. The quantitative estimate of drug-likeness (QED) is 0.150. The molecule has 8 N–H and O–H groups in total. The number of nitrogens with two attached hydrogens (primary N) is 1. The molecule has 0 radical (unpaired) electrons. The number of amides is 1. The van der Waals surface area contributed by atoms with Crippen LogP contribution in [0.1, 0.15) is 5.56 Å². The average Bonchev–Trinajstić information content (AvgIpc) is 3.32. The third-order valence-electron chi connectivity index (χ3n) is 6.53. The minimum atomic E-state index is -1.98. The molecule has 43 heavy (non-hydrogen) atoms. The molecule has 0 bridgehead atoms. The van der Waals surface area contributed by atoms with Gasteiger partial charge in [-0.25, -0.2) is 38.0 Å². The van der Waals surface area contributed by atoms with Gasteiger partial charge in [-0.1, -0.05) is 18.2 Å². The van der Waals surface area contributed by atoms with E-state index in [2.05, 4.69) is 35.4 Å². The molecule has 0 unspecified atom stereocenters. The molecule has 0 saturated carbocycles. The first-order chi connectivity index (χ1) is 20.5. The number of hydrogen-bond acceptors (Lipinski definition) is 13. The van der Waals surface area contributed by atoms with Crippen LogP contribution < -0.4 is 16.4 Å². The van der Waals surface area contributed by atoms with Gasteiger partial charge >= 0.3 is 12.1 Å². The SMILES string of the molecule is COC(=O)Nc1c(N)nc(-c2nn(Cc3ccccc3F)c3ncc(F)cc23)nc1N[C@@H]1O[C@H](C(=O)O)[C@@H](O)[C@H](O)[C@H]1O. The molecule has 226 valence electrons. The number of hydrogen-bond donors (Lipinski definition) is 7. The average molecular weight is 603 g/mol. The summed E-state index contributed by atoms with van der Waals surface area (Å²) in [4.78, 5) is 36.2. The Kier molecular flexibility index (Phi) is 8.00. The first-order valence-corrected chi connectivity index (χ1v) is 12.5. The van der Waals surface area contributed by atoms with Crippen LogP contribution in [0.25, 0.3) is 22.6 Å². The summed E-state index contributed by atoms with van der Waals surface area (Å²) >= 11 is 0. The summed E-state index contributed by atoms with van der Waals surface area (Å²) in [5.74, 6) is -3.91. The van der Waals surface area contributed by atoms with Crippen LogP contribution >= 0.6 is 0 Å². The summed E-state index contributed by atoms with van der Waals surface area (Å²) in [6.45, 7) is -0.108. The number of benzene rings is 1. The van der Waals surface area contributed by atoms with E-state index in [1.165, 1.54) is 22.9 Å². The second-order valence-electron chi connectivity index (χ2n) is 9.33. The maximum atomic E-state index is 14.4. The summed E-state index contributed by atoms with van der Waals surface area (Å²) in [5, 5.41) is 49.5. The lowest BCUT2D eigenvalue weighted by Crippen LogP contribution is -2.61. The Morgan fingerprint density at radius 2 is 1.88 bits per heavy atom. The number of aliphatic hydroxyl groups is 3. The lowest BCUT2D eigenvalue weighted by Gasteiger charge is -2.39. The Labute approximate surface area is 239 Å². The number of methoxy groups -OCH3 is 1. The number of carbonyl (C=O) groups is 2. The van der Waals surface area contributed by atoms with E-state index in [0.29, 0.717) is 0 Å². The second-order valence-corrected chi connectivity index (χ2v) is 9.33. The summed E-state index contributed by atoms with van der Waals surface area (Å²) in [6.07, 6.45) is -9.58. The molecule has 4 aromatic rings. The van der Waals surface area contributed by atoms with E-state index in [1.807, 2.05) is 0 Å². The van der Waals surface area contributed by atoms with Crippen molar-refractivity contribution in [3.8, 4) is 11.5 Å². The van der Waals surface area contributed by atoms with Crippen molar-refractivity contribution in [2.75, 3.05) is 23.5 Å². The normalized spacial score (nSPS) is 21.9. The first kappa shape index (κ1) is 29.5. The molecule has 5 rings (SSSR count). The van der Waals surface area contributed by atoms with Crippen molar-refractivity contribution >= 4 is 40.4 Å². The van der Waals surface area contributed by atoms with E-state index >= 15 is 0 Å². The fraction of sp³-hybridized carbons (Fsp3) is 0.280. The van der Waals surface area contributed by atoms with Crippen LogP contribution in [0.15, 0.2) is 36.5 Å². The Balaban J connectivity index is 1.62. The van der Waals surface area contributed by atoms with Gasteiger partial charge in [0.15, 0.2) is 35.4 Å². The van der Waals surface area contributed by atoms with Crippen molar-refractivity contribution in [3.63, 3.8) is 0 Å². The number of nitrogens with one attached hydrogen (secondary N) is 2. The van der Waals surface area contributed by atoms with E-state index in [0.717, 1.165) is 19.4 Å². The highest BCUT2D eigenvalue weighted by atomic mass is 19.1. The Hall–Kier alpha value is -5.04. The molecule has 1 aliphatic heterocycles. The molecule has 18 heteroatoms. The third-order valence-corrected chi connectivity index (χ3v) is 6.53. The van der Waals surface area contributed by atoms with E-state index in [1.54, 1.807) is 6.07 Å². The maximum Gasteiger partial charge on any atom is 0.411 e. The molecule has 0 aliphatic carbocycles. The van der Waals surface area contributed by atoms with Crippen LogP contribution in [-0.4, -0.2) is 95.0 Å². The van der Waals surface area contributed by atoms with E-state index in [9.17, 15) is 38.8 Å².